The zero-order chi connectivity index (χ0) is 22.0. The summed E-state index contributed by atoms with van der Waals surface area (Å²) in [5, 5.41) is 11.0. The number of hydrogen-bond acceptors (Lipinski definition) is 4. The molecule has 1 amide bonds. The Kier molecular flexibility index (Phi) is 6.04. The van der Waals surface area contributed by atoms with E-state index < -0.39 is 17.7 Å². The van der Waals surface area contributed by atoms with Crippen LogP contribution in [0.3, 0.4) is 0 Å². The fraction of sp³-hybridized carbons (Fsp3) is 0.208. The number of carbonyl (C=O) groups excluding carboxylic acids is 2. The zero-order valence-corrected chi connectivity index (χ0v) is 18.6. The number of ketones is 1. The SMILES string of the molecule is Cc1ccc(/C(O)=C2\C(=O)C(=O)N(CCCn3ccnc3)[C@H]2c2cccc(Br)c2)cc1. The van der Waals surface area contributed by atoms with Gasteiger partial charge in [0.25, 0.3) is 11.7 Å². The van der Waals surface area contributed by atoms with Gasteiger partial charge < -0.3 is 14.6 Å². The molecule has 2 heterocycles. The van der Waals surface area contributed by atoms with Crippen molar-refractivity contribution in [1.82, 2.24) is 14.5 Å². The number of imidazole rings is 1. The molecule has 1 atom stereocenters. The summed E-state index contributed by atoms with van der Waals surface area (Å²) in [6.07, 6.45) is 5.93. The Morgan fingerprint density at radius 1 is 1.13 bits per heavy atom. The van der Waals surface area contributed by atoms with E-state index >= 15 is 0 Å². The van der Waals surface area contributed by atoms with Gasteiger partial charge in [-0.2, -0.15) is 0 Å². The van der Waals surface area contributed by atoms with Gasteiger partial charge in [-0.15, -0.1) is 0 Å². The van der Waals surface area contributed by atoms with Crippen molar-refractivity contribution in [2.24, 2.45) is 0 Å². The first kappa shape index (κ1) is 21.1. The fourth-order valence-corrected chi connectivity index (χ4v) is 4.26. The molecule has 4 rings (SSSR count). The Bertz CT molecular complexity index is 1140. The molecule has 31 heavy (non-hydrogen) atoms. The molecule has 0 aliphatic carbocycles. The quantitative estimate of drug-likeness (QED) is 0.321. The van der Waals surface area contributed by atoms with Crippen molar-refractivity contribution in [3.63, 3.8) is 0 Å². The molecule has 2 aromatic carbocycles. The van der Waals surface area contributed by atoms with Gasteiger partial charge in [0.15, 0.2) is 0 Å². The molecule has 1 fully saturated rings. The number of Topliss-reactive ketones (excluding diaryl/α,β-unsaturated/α-hetero) is 1. The first-order valence-corrected chi connectivity index (χ1v) is 10.8. The number of aryl methyl sites for hydroxylation is 2. The van der Waals surface area contributed by atoms with Crippen LogP contribution in [0, 0.1) is 6.92 Å². The Morgan fingerprint density at radius 3 is 2.58 bits per heavy atom. The van der Waals surface area contributed by atoms with E-state index in [1.165, 1.54) is 0 Å². The predicted molar refractivity (Wildman–Crippen MR) is 121 cm³/mol. The molecule has 0 spiro atoms. The van der Waals surface area contributed by atoms with E-state index in [0.717, 1.165) is 15.6 Å². The van der Waals surface area contributed by atoms with Crippen LogP contribution in [-0.4, -0.2) is 37.8 Å². The number of benzene rings is 2. The molecule has 0 radical (unpaired) electrons. The molecule has 1 N–H and O–H groups in total. The third-order valence-corrected chi connectivity index (χ3v) is 5.90. The Hall–Kier alpha value is -3.19. The second-order valence-corrected chi connectivity index (χ2v) is 8.48. The lowest BCUT2D eigenvalue weighted by molar-refractivity contribution is -0.139. The number of amides is 1. The standard InChI is InChI=1S/C24H22BrN3O3/c1-16-6-8-17(9-7-16)22(29)20-21(18-4-2-5-19(25)14-18)28(24(31)23(20)30)12-3-11-27-13-10-26-15-27/h2,4-10,13-15,21,29H,3,11-12H2,1H3/b22-20+/t21-/m0/s1. The van der Waals surface area contributed by atoms with Gasteiger partial charge in [0, 0.05) is 35.5 Å². The Morgan fingerprint density at radius 2 is 1.90 bits per heavy atom. The second kappa shape index (κ2) is 8.89. The summed E-state index contributed by atoms with van der Waals surface area (Å²) in [6.45, 7) is 3.00. The number of carbonyl (C=O) groups is 2. The van der Waals surface area contributed by atoms with Gasteiger partial charge in [-0.05, 0) is 31.0 Å². The number of aromatic nitrogens is 2. The topological polar surface area (TPSA) is 75.4 Å². The summed E-state index contributed by atoms with van der Waals surface area (Å²) in [6, 6.07) is 14.1. The lowest BCUT2D eigenvalue weighted by Gasteiger charge is -2.25. The Balaban J connectivity index is 1.73. The predicted octanol–water partition coefficient (Wildman–Crippen LogP) is 4.47. The molecule has 0 saturated carbocycles. The largest absolute Gasteiger partial charge is 0.507 e. The summed E-state index contributed by atoms with van der Waals surface area (Å²) in [7, 11) is 0. The maximum absolute atomic E-state index is 13.0. The van der Waals surface area contributed by atoms with Gasteiger partial charge in [0.2, 0.25) is 0 Å². The highest BCUT2D eigenvalue weighted by molar-refractivity contribution is 9.10. The molecule has 1 aliphatic rings. The van der Waals surface area contributed by atoms with Gasteiger partial charge in [-0.1, -0.05) is 57.9 Å². The van der Waals surface area contributed by atoms with E-state index in [1.807, 2.05) is 54.1 Å². The summed E-state index contributed by atoms with van der Waals surface area (Å²) in [5.41, 5.74) is 2.45. The van der Waals surface area contributed by atoms with Gasteiger partial charge in [-0.25, -0.2) is 4.98 Å². The summed E-state index contributed by atoms with van der Waals surface area (Å²) < 4.78 is 2.76. The highest BCUT2D eigenvalue weighted by Gasteiger charge is 2.45. The van der Waals surface area contributed by atoms with Gasteiger partial charge in [0.1, 0.15) is 5.76 Å². The van der Waals surface area contributed by atoms with Crippen molar-refractivity contribution in [1.29, 1.82) is 0 Å². The van der Waals surface area contributed by atoms with E-state index in [4.69, 9.17) is 0 Å². The fourth-order valence-electron chi connectivity index (χ4n) is 3.84. The van der Waals surface area contributed by atoms with Crippen LogP contribution in [0.4, 0.5) is 0 Å². The van der Waals surface area contributed by atoms with Crippen LogP contribution in [0.5, 0.6) is 0 Å². The monoisotopic (exact) mass is 479 g/mol. The maximum Gasteiger partial charge on any atom is 0.295 e. The number of aliphatic hydroxyl groups excluding tert-OH is 1. The highest BCUT2D eigenvalue weighted by Crippen LogP contribution is 2.40. The zero-order valence-electron chi connectivity index (χ0n) is 17.0. The summed E-state index contributed by atoms with van der Waals surface area (Å²) in [4.78, 5) is 31.6. The van der Waals surface area contributed by atoms with E-state index in [1.54, 1.807) is 29.6 Å². The van der Waals surface area contributed by atoms with Crippen LogP contribution in [0.25, 0.3) is 5.76 Å². The molecular weight excluding hydrogens is 458 g/mol. The van der Waals surface area contributed by atoms with Gasteiger partial charge in [-0.3, -0.25) is 9.59 Å². The smallest absolute Gasteiger partial charge is 0.295 e. The normalized spacial score (nSPS) is 18.0. The average Bonchev–Trinajstić information content (AvgIpc) is 3.36. The molecule has 158 valence electrons. The minimum absolute atomic E-state index is 0.120. The number of rotatable bonds is 6. The van der Waals surface area contributed by atoms with Crippen LogP contribution in [0.15, 0.2) is 77.3 Å². The first-order chi connectivity index (χ1) is 15.0. The lowest BCUT2D eigenvalue weighted by Crippen LogP contribution is -2.31. The third kappa shape index (κ3) is 4.32. The molecule has 1 saturated heterocycles. The maximum atomic E-state index is 13.0. The van der Waals surface area contributed by atoms with Crippen LogP contribution in [-0.2, 0) is 16.1 Å². The Labute approximate surface area is 189 Å². The van der Waals surface area contributed by atoms with Crippen LogP contribution >= 0.6 is 15.9 Å². The number of hydrogen-bond donors (Lipinski definition) is 1. The lowest BCUT2D eigenvalue weighted by atomic mass is 9.95. The summed E-state index contributed by atoms with van der Waals surface area (Å²) in [5.74, 6) is -1.41. The molecule has 6 nitrogen and oxygen atoms in total. The summed E-state index contributed by atoms with van der Waals surface area (Å²) >= 11 is 3.47. The van der Waals surface area contributed by atoms with Crippen LogP contribution in [0.1, 0.15) is 29.2 Å². The minimum Gasteiger partial charge on any atom is -0.507 e. The molecule has 7 heteroatoms. The first-order valence-electron chi connectivity index (χ1n) is 10.0. The molecule has 0 bridgehead atoms. The molecule has 1 aromatic heterocycles. The molecule has 1 aliphatic heterocycles. The minimum atomic E-state index is -0.661. The van der Waals surface area contributed by atoms with Gasteiger partial charge >= 0.3 is 0 Å². The number of nitrogens with zero attached hydrogens (tertiary/aromatic N) is 3. The number of halogens is 1. The molecule has 0 unspecified atom stereocenters. The van der Waals surface area contributed by atoms with Crippen molar-refractivity contribution >= 4 is 33.4 Å². The highest BCUT2D eigenvalue weighted by atomic mass is 79.9. The van der Waals surface area contributed by atoms with E-state index in [-0.39, 0.29) is 11.3 Å². The van der Waals surface area contributed by atoms with Gasteiger partial charge in [0.05, 0.1) is 17.9 Å². The van der Waals surface area contributed by atoms with Crippen molar-refractivity contribution in [3.8, 4) is 0 Å². The van der Waals surface area contributed by atoms with Crippen molar-refractivity contribution in [3.05, 3.63) is 94.0 Å². The van der Waals surface area contributed by atoms with Crippen molar-refractivity contribution in [2.45, 2.75) is 25.9 Å². The number of aliphatic hydroxyl groups is 1. The average molecular weight is 480 g/mol. The number of likely N-dealkylation sites (tertiary alicyclic amines) is 1. The van der Waals surface area contributed by atoms with Crippen molar-refractivity contribution < 1.29 is 14.7 Å². The van der Waals surface area contributed by atoms with E-state index in [9.17, 15) is 14.7 Å². The van der Waals surface area contributed by atoms with Crippen LogP contribution < -0.4 is 0 Å². The van der Waals surface area contributed by atoms with E-state index in [0.29, 0.717) is 25.1 Å². The third-order valence-electron chi connectivity index (χ3n) is 5.40. The van der Waals surface area contributed by atoms with Crippen molar-refractivity contribution in [2.75, 3.05) is 6.54 Å². The van der Waals surface area contributed by atoms with Crippen LogP contribution in [0.2, 0.25) is 0 Å². The van der Waals surface area contributed by atoms with E-state index in [2.05, 4.69) is 20.9 Å². The molecule has 3 aromatic rings. The molecular formula is C24H22BrN3O3. The second-order valence-electron chi connectivity index (χ2n) is 7.57.